The van der Waals surface area contributed by atoms with Crippen LogP contribution in [0.2, 0.25) is 0 Å². The molecule has 1 atom stereocenters. The molecule has 3 amide bonds. The Morgan fingerprint density at radius 3 is 2.61 bits per heavy atom. The lowest BCUT2D eigenvalue weighted by atomic mass is 9.93. The molecule has 1 fully saturated rings. The number of aryl methyl sites for hydroxylation is 2. The second-order valence-electron chi connectivity index (χ2n) is 9.35. The Hall–Kier alpha value is -2.94. The van der Waals surface area contributed by atoms with Crippen molar-refractivity contribution in [3.05, 3.63) is 34.2 Å². The summed E-state index contributed by atoms with van der Waals surface area (Å²) in [6.45, 7) is 3.33. The van der Waals surface area contributed by atoms with Gasteiger partial charge in [-0.15, -0.1) is 11.3 Å². The standard InChI is InChI=1S/C24H29N3O5S/c1-24(2)22(30)27(23(31)26(24)3)11-10-15(21(28)29)12-18(25-32)14-8-9-17-16-6-4-5-7-19(16)33-20(17)13-14/h8-9,13,15,32H,4-7,10-12H2,1-3H3,(H,28,29). The first kappa shape index (κ1) is 23.2. The van der Waals surface area contributed by atoms with E-state index in [1.807, 2.05) is 18.2 Å². The van der Waals surface area contributed by atoms with Crippen molar-refractivity contribution in [3.8, 4) is 0 Å². The molecule has 0 saturated carbocycles. The van der Waals surface area contributed by atoms with Gasteiger partial charge in [0.25, 0.3) is 5.91 Å². The zero-order valence-corrected chi connectivity index (χ0v) is 19.9. The summed E-state index contributed by atoms with van der Waals surface area (Å²) >= 11 is 1.76. The predicted octanol–water partition coefficient (Wildman–Crippen LogP) is 4.11. The fourth-order valence-corrected chi connectivity index (χ4v) is 6.00. The Morgan fingerprint density at radius 2 is 1.97 bits per heavy atom. The lowest BCUT2D eigenvalue weighted by molar-refractivity contribution is -0.142. The maximum atomic E-state index is 12.6. The third kappa shape index (κ3) is 4.10. The van der Waals surface area contributed by atoms with Gasteiger partial charge in [0.15, 0.2) is 0 Å². The maximum Gasteiger partial charge on any atom is 0.327 e. The Kier molecular flexibility index (Phi) is 6.18. The first-order valence-electron chi connectivity index (χ1n) is 11.2. The van der Waals surface area contributed by atoms with E-state index in [1.54, 1.807) is 32.2 Å². The average Bonchev–Trinajstić information content (AvgIpc) is 3.23. The minimum absolute atomic E-state index is 0.00210. The molecule has 0 spiro atoms. The van der Waals surface area contributed by atoms with Crippen LogP contribution in [0.1, 0.15) is 55.5 Å². The molecular formula is C24H29N3O5S. The number of thiophene rings is 1. The zero-order valence-electron chi connectivity index (χ0n) is 19.1. The SMILES string of the molecule is CN1C(=O)N(CCC(CC(=NO)c2ccc3c4c(sc3c2)CCCC4)C(=O)O)C(=O)C1(C)C. The molecule has 9 heteroatoms. The number of nitrogens with zero attached hydrogens (tertiary/aromatic N) is 3. The monoisotopic (exact) mass is 471 g/mol. The highest BCUT2D eigenvalue weighted by molar-refractivity contribution is 7.19. The number of imide groups is 1. The van der Waals surface area contributed by atoms with Crippen molar-refractivity contribution in [2.45, 2.75) is 57.9 Å². The third-order valence-corrected chi connectivity index (χ3v) is 8.28. The van der Waals surface area contributed by atoms with E-state index < -0.39 is 23.5 Å². The summed E-state index contributed by atoms with van der Waals surface area (Å²) < 4.78 is 1.12. The zero-order chi connectivity index (χ0) is 23.9. The van der Waals surface area contributed by atoms with Crippen LogP contribution in [0, 0.1) is 5.92 Å². The number of hydrogen-bond donors (Lipinski definition) is 2. The summed E-state index contributed by atoms with van der Waals surface area (Å²) in [6.07, 6.45) is 4.64. The van der Waals surface area contributed by atoms with Gasteiger partial charge in [-0.1, -0.05) is 17.3 Å². The molecule has 8 nitrogen and oxygen atoms in total. The molecule has 176 valence electrons. The number of rotatable bonds is 7. The molecular weight excluding hydrogens is 442 g/mol. The van der Waals surface area contributed by atoms with Crippen molar-refractivity contribution in [2.24, 2.45) is 11.1 Å². The van der Waals surface area contributed by atoms with Crippen LogP contribution in [0.4, 0.5) is 4.79 Å². The highest BCUT2D eigenvalue weighted by Gasteiger charge is 2.49. The number of carboxylic acid groups (broad SMARTS) is 1. The van der Waals surface area contributed by atoms with E-state index in [4.69, 9.17) is 0 Å². The number of likely N-dealkylation sites (N-methyl/N-ethyl adjacent to an activating group) is 1. The highest BCUT2D eigenvalue weighted by atomic mass is 32.1. The minimum Gasteiger partial charge on any atom is -0.481 e. The molecule has 1 aromatic carbocycles. The van der Waals surface area contributed by atoms with E-state index >= 15 is 0 Å². The largest absolute Gasteiger partial charge is 0.481 e. The van der Waals surface area contributed by atoms with E-state index in [9.17, 15) is 24.7 Å². The topological polar surface area (TPSA) is 111 Å². The van der Waals surface area contributed by atoms with Gasteiger partial charge in [0.05, 0.1) is 11.6 Å². The number of carbonyl (C=O) groups excluding carboxylic acids is 2. The quantitative estimate of drug-likeness (QED) is 0.273. The summed E-state index contributed by atoms with van der Waals surface area (Å²) in [5, 5.41) is 24.1. The number of amides is 3. The van der Waals surface area contributed by atoms with Crippen molar-refractivity contribution in [1.82, 2.24) is 9.80 Å². The Labute approximate surface area is 196 Å². The second-order valence-corrected chi connectivity index (χ2v) is 10.5. The molecule has 2 aliphatic rings. The predicted molar refractivity (Wildman–Crippen MR) is 126 cm³/mol. The first-order chi connectivity index (χ1) is 15.6. The Morgan fingerprint density at radius 1 is 1.24 bits per heavy atom. The van der Waals surface area contributed by atoms with Gasteiger partial charge < -0.3 is 15.2 Å². The summed E-state index contributed by atoms with van der Waals surface area (Å²) in [5.74, 6) is -2.31. The molecule has 1 aliphatic carbocycles. The fourth-order valence-electron chi connectivity index (χ4n) is 4.67. The highest BCUT2D eigenvalue weighted by Crippen LogP contribution is 2.37. The van der Waals surface area contributed by atoms with Gasteiger partial charge in [-0.2, -0.15) is 0 Å². The van der Waals surface area contributed by atoms with Gasteiger partial charge in [-0.25, -0.2) is 4.79 Å². The van der Waals surface area contributed by atoms with Crippen LogP contribution < -0.4 is 0 Å². The van der Waals surface area contributed by atoms with E-state index in [0.717, 1.165) is 22.4 Å². The molecule has 2 N–H and O–H groups in total. The van der Waals surface area contributed by atoms with Gasteiger partial charge in [0, 0.05) is 35.2 Å². The Bertz CT molecular complexity index is 1150. The van der Waals surface area contributed by atoms with Gasteiger partial charge in [-0.05, 0) is 63.0 Å². The second kappa shape index (κ2) is 8.78. The van der Waals surface area contributed by atoms with E-state index in [-0.39, 0.29) is 31.0 Å². The lowest BCUT2D eigenvalue weighted by Gasteiger charge is -2.22. The summed E-state index contributed by atoms with van der Waals surface area (Å²) in [6, 6.07) is 5.45. The molecule has 1 aromatic heterocycles. The smallest absolute Gasteiger partial charge is 0.327 e. The number of urea groups is 1. The number of oxime groups is 1. The van der Waals surface area contributed by atoms with Gasteiger partial charge in [0.2, 0.25) is 0 Å². The molecule has 1 unspecified atom stereocenters. The third-order valence-electron chi connectivity index (χ3n) is 7.03. The number of hydrogen-bond acceptors (Lipinski definition) is 6. The maximum absolute atomic E-state index is 12.6. The van der Waals surface area contributed by atoms with Crippen LogP contribution in [0.25, 0.3) is 10.1 Å². The van der Waals surface area contributed by atoms with Crippen molar-refractivity contribution < 1.29 is 24.7 Å². The first-order valence-corrected chi connectivity index (χ1v) is 12.0. The molecule has 1 aliphatic heterocycles. The minimum atomic E-state index is -1.06. The molecule has 0 bridgehead atoms. The van der Waals surface area contributed by atoms with Crippen molar-refractivity contribution in [3.63, 3.8) is 0 Å². The van der Waals surface area contributed by atoms with Crippen LogP contribution in [0.5, 0.6) is 0 Å². The number of benzene rings is 1. The number of fused-ring (bicyclic) bond motifs is 3. The molecule has 1 saturated heterocycles. The normalized spacial score (nSPS) is 19.3. The molecule has 0 radical (unpaired) electrons. The van der Waals surface area contributed by atoms with Crippen LogP contribution in [0.3, 0.4) is 0 Å². The van der Waals surface area contributed by atoms with Crippen LogP contribution >= 0.6 is 11.3 Å². The number of carboxylic acids is 1. The summed E-state index contributed by atoms with van der Waals surface area (Å²) in [7, 11) is 1.56. The van der Waals surface area contributed by atoms with Gasteiger partial charge >= 0.3 is 12.0 Å². The van der Waals surface area contributed by atoms with E-state index in [0.29, 0.717) is 5.56 Å². The van der Waals surface area contributed by atoms with Crippen molar-refractivity contribution >= 4 is 45.0 Å². The van der Waals surface area contributed by atoms with Crippen molar-refractivity contribution in [1.29, 1.82) is 0 Å². The summed E-state index contributed by atoms with van der Waals surface area (Å²) in [5.41, 5.74) is 1.42. The Balaban J connectivity index is 1.50. The van der Waals surface area contributed by atoms with Crippen molar-refractivity contribution in [2.75, 3.05) is 13.6 Å². The fraction of sp³-hybridized carbons (Fsp3) is 0.500. The van der Waals surface area contributed by atoms with Gasteiger partial charge in [-0.3, -0.25) is 14.5 Å². The van der Waals surface area contributed by atoms with Crippen LogP contribution in [-0.2, 0) is 22.4 Å². The van der Waals surface area contributed by atoms with Gasteiger partial charge in [0.1, 0.15) is 5.54 Å². The van der Waals surface area contributed by atoms with Crippen LogP contribution in [-0.4, -0.2) is 62.9 Å². The number of carbonyl (C=O) groups is 3. The molecule has 4 rings (SSSR count). The van der Waals surface area contributed by atoms with E-state index in [2.05, 4.69) is 5.16 Å². The van der Waals surface area contributed by atoms with Crippen LogP contribution in [0.15, 0.2) is 23.4 Å². The molecule has 2 aromatic rings. The summed E-state index contributed by atoms with van der Waals surface area (Å²) in [4.78, 5) is 40.9. The molecule has 2 heterocycles. The molecule has 33 heavy (non-hydrogen) atoms. The van der Waals surface area contributed by atoms with E-state index in [1.165, 1.54) is 33.6 Å². The number of aliphatic carboxylic acids is 1. The lowest BCUT2D eigenvalue weighted by Crippen LogP contribution is -2.41. The average molecular weight is 472 g/mol.